The zero-order valence-electron chi connectivity index (χ0n) is 14.1. The first-order valence-corrected chi connectivity index (χ1v) is 9.37. The molecule has 1 aliphatic heterocycles. The van der Waals surface area contributed by atoms with Crippen molar-refractivity contribution in [2.45, 2.75) is 18.9 Å². The summed E-state index contributed by atoms with van der Waals surface area (Å²) in [6.45, 7) is 1.21. The number of benzene rings is 1. The maximum atomic E-state index is 12.8. The van der Waals surface area contributed by atoms with E-state index in [2.05, 4.69) is 15.3 Å². The molecule has 2 amide bonds. The van der Waals surface area contributed by atoms with Crippen LogP contribution in [0.2, 0.25) is 0 Å². The number of rotatable bonds is 5. The number of aromatic nitrogens is 2. The summed E-state index contributed by atoms with van der Waals surface area (Å²) in [5, 5.41) is 3.43. The molecule has 7 heteroatoms. The van der Waals surface area contributed by atoms with Crippen LogP contribution in [0.1, 0.15) is 34.2 Å². The Kier molecular flexibility index (Phi) is 4.62. The van der Waals surface area contributed by atoms with Crippen molar-refractivity contribution in [3.63, 3.8) is 0 Å². The molecule has 1 unspecified atom stereocenters. The molecule has 3 heterocycles. The van der Waals surface area contributed by atoms with Crippen LogP contribution in [0.4, 0.5) is 0 Å². The van der Waals surface area contributed by atoms with E-state index in [1.165, 1.54) is 11.3 Å². The van der Waals surface area contributed by atoms with E-state index in [-0.39, 0.29) is 17.9 Å². The molecule has 1 fully saturated rings. The third-order valence-corrected chi connectivity index (χ3v) is 5.42. The zero-order chi connectivity index (χ0) is 17.9. The first-order chi connectivity index (χ1) is 12.7. The van der Waals surface area contributed by atoms with Crippen molar-refractivity contribution in [2.75, 3.05) is 13.1 Å². The number of fused-ring (bicyclic) bond motifs is 1. The van der Waals surface area contributed by atoms with Gasteiger partial charge in [0.05, 0.1) is 6.04 Å². The molecular weight excluding hydrogens is 348 g/mol. The number of nitrogens with one attached hydrogen (secondary N) is 1. The van der Waals surface area contributed by atoms with Crippen molar-refractivity contribution >= 4 is 33.5 Å². The van der Waals surface area contributed by atoms with Gasteiger partial charge in [-0.3, -0.25) is 9.59 Å². The largest absolute Gasteiger partial charge is 0.341 e. The molecule has 0 saturated carbocycles. The lowest BCUT2D eigenvalue weighted by Crippen LogP contribution is -2.38. The van der Waals surface area contributed by atoms with Gasteiger partial charge in [0.2, 0.25) is 5.91 Å². The van der Waals surface area contributed by atoms with Crippen molar-refractivity contribution < 1.29 is 9.59 Å². The highest BCUT2D eigenvalue weighted by atomic mass is 32.1. The third kappa shape index (κ3) is 3.43. The molecule has 1 N–H and O–H groups in total. The molecular formula is C19H18N4O2S. The van der Waals surface area contributed by atoms with Gasteiger partial charge in [-0.15, -0.1) is 0 Å². The second-order valence-electron chi connectivity index (χ2n) is 6.23. The summed E-state index contributed by atoms with van der Waals surface area (Å²) < 4.78 is 0. The summed E-state index contributed by atoms with van der Waals surface area (Å²) in [7, 11) is 0. The Bertz CT molecular complexity index is 908. The van der Waals surface area contributed by atoms with Crippen LogP contribution in [-0.2, 0) is 4.79 Å². The van der Waals surface area contributed by atoms with Gasteiger partial charge in [-0.05, 0) is 24.1 Å². The molecule has 1 aromatic carbocycles. The Hall–Kier alpha value is -2.80. The molecule has 1 saturated heterocycles. The fourth-order valence-corrected chi connectivity index (χ4v) is 3.93. The standard InChI is InChI=1S/C19H18N4O2S/c24-16-9-5-11-23(16)12-15(13-6-2-1-3-7-13)21-17(25)19-22-14-8-4-10-20-18(14)26-19/h1-4,6-8,10,15H,5,9,11-12H2,(H,21,25). The number of carbonyl (C=O) groups is 2. The summed E-state index contributed by atoms with van der Waals surface area (Å²) in [6.07, 6.45) is 3.14. The highest BCUT2D eigenvalue weighted by Gasteiger charge is 2.26. The van der Waals surface area contributed by atoms with Gasteiger partial charge in [-0.1, -0.05) is 41.7 Å². The molecule has 0 radical (unpaired) electrons. The summed E-state index contributed by atoms with van der Waals surface area (Å²) in [4.78, 5) is 35.9. The van der Waals surface area contributed by atoms with Gasteiger partial charge in [-0.2, -0.15) is 0 Å². The van der Waals surface area contributed by atoms with Gasteiger partial charge >= 0.3 is 0 Å². The summed E-state index contributed by atoms with van der Waals surface area (Å²) in [5.41, 5.74) is 1.69. The van der Waals surface area contributed by atoms with Gasteiger partial charge in [0.25, 0.3) is 5.91 Å². The third-order valence-electron chi connectivity index (χ3n) is 4.44. The lowest BCUT2D eigenvalue weighted by atomic mass is 10.1. The quantitative estimate of drug-likeness (QED) is 0.753. The average Bonchev–Trinajstić information content (AvgIpc) is 3.28. The number of thiazole rings is 1. The molecule has 1 aliphatic rings. The van der Waals surface area contributed by atoms with Crippen LogP contribution in [0.15, 0.2) is 48.7 Å². The van der Waals surface area contributed by atoms with Gasteiger partial charge in [-0.25, -0.2) is 9.97 Å². The number of nitrogens with zero attached hydrogens (tertiary/aromatic N) is 3. The first kappa shape index (κ1) is 16.7. The Morgan fingerprint density at radius 3 is 2.81 bits per heavy atom. The predicted octanol–water partition coefficient (Wildman–Crippen LogP) is 2.78. The van der Waals surface area contributed by atoms with Gasteiger partial charge in [0.15, 0.2) is 5.01 Å². The number of hydrogen-bond acceptors (Lipinski definition) is 5. The fourth-order valence-electron chi connectivity index (χ4n) is 3.12. The average molecular weight is 366 g/mol. The molecule has 0 spiro atoms. The number of carbonyl (C=O) groups excluding carboxylic acids is 2. The maximum absolute atomic E-state index is 12.8. The van der Waals surface area contributed by atoms with Crippen LogP contribution in [0.3, 0.4) is 0 Å². The van der Waals surface area contributed by atoms with Gasteiger partial charge in [0, 0.05) is 25.7 Å². The van der Waals surface area contributed by atoms with Gasteiger partial charge in [0.1, 0.15) is 10.3 Å². The second kappa shape index (κ2) is 7.21. The molecule has 0 aliphatic carbocycles. The fraction of sp³-hybridized carbons (Fsp3) is 0.263. The zero-order valence-corrected chi connectivity index (χ0v) is 14.9. The molecule has 132 valence electrons. The summed E-state index contributed by atoms with van der Waals surface area (Å²) in [5.74, 6) is -0.0992. The van der Waals surface area contributed by atoms with E-state index >= 15 is 0 Å². The van der Waals surface area contributed by atoms with Crippen molar-refractivity contribution in [3.8, 4) is 0 Å². The number of likely N-dealkylation sites (tertiary alicyclic amines) is 1. The van der Waals surface area contributed by atoms with E-state index in [0.29, 0.717) is 23.5 Å². The number of amides is 2. The monoisotopic (exact) mass is 366 g/mol. The van der Waals surface area contributed by atoms with E-state index in [1.54, 1.807) is 12.3 Å². The Morgan fingerprint density at radius 1 is 1.23 bits per heavy atom. The Morgan fingerprint density at radius 2 is 2.08 bits per heavy atom. The van der Waals surface area contributed by atoms with Crippen molar-refractivity contribution in [1.82, 2.24) is 20.2 Å². The van der Waals surface area contributed by atoms with E-state index in [4.69, 9.17) is 0 Å². The number of hydrogen-bond donors (Lipinski definition) is 1. The minimum atomic E-state index is -0.272. The van der Waals surface area contributed by atoms with Crippen LogP contribution in [0.25, 0.3) is 10.3 Å². The molecule has 0 bridgehead atoms. The van der Waals surface area contributed by atoms with E-state index in [9.17, 15) is 9.59 Å². The lowest BCUT2D eigenvalue weighted by molar-refractivity contribution is -0.128. The van der Waals surface area contributed by atoms with Crippen molar-refractivity contribution in [2.24, 2.45) is 0 Å². The van der Waals surface area contributed by atoms with Crippen molar-refractivity contribution in [3.05, 3.63) is 59.2 Å². The summed E-state index contributed by atoms with van der Waals surface area (Å²) in [6, 6.07) is 13.1. The molecule has 3 aromatic rings. The van der Waals surface area contributed by atoms with Crippen LogP contribution in [0.5, 0.6) is 0 Å². The Labute approximate surface area is 154 Å². The maximum Gasteiger partial charge on any atom is 0.280 e. The smallest absolute Gasteiger partial charge is 0.280 e. The van der Waals surface area contributed by atoms with Crippen LogP contribution in [0, 0.1) is 0 Å². The molecule has 1 atom stereocenters. The highest BCUT2D eigenvalue weighted by Crippen LogP contribution is 2.22. The molecule has 2 aromatic heterocycles. The van der Waals surface area contributed by atoms with E-state index in [0.717, 1.165) is 23.4 Å². The lowest BCUT2D eigenvalue weighted by Gasteiger charge is -2.24. The van der Waals surface area contributed by atoms with E-state index < -0.39 is 0 Å². The predicted molar refractivity (Wildman–Crippen MR) is 99.9 cm³/mol. The minimum absolute atomic E-state index is 0.143. The normalized spacial score (nSPS) is 15.4. The van der Waals surface area contributed by atoms with Crippen molar-refractivity contribution in [1.29, 1.82) is 0 Å². The molecule has 26 heavy (non-hydrogen) atoms. The first-order valence-electron chi connectivity index (χ1n) is 8.56. The molecule has 6 nitrogen and oxygen atoms in total. The Balaban J connectivity index is 1.57. The van der Waals surface area contributed by atoms with Crippen LogP contribution >= 0.6 is 11.3 Å². The topological polar surface area (TPSA) is 75.2 Å². The molecule has 4 rings (SSSR count). The minimum Gasteiger partial charge on any atom is -0.341 e. The summed E-state index contributed by atoms with van der Waals surface area (Å²) >= 11 is 1.27. The SMILES string of the molecule is O=C(NC(CN1CCCC1=O)c1ccccc1)c1nc2cccnc2s1. The second-order valence-corrected chi connectivity index (χ2v) is 7.20. The highest BCUT2D eigenvalue weighted by molar-refractivity contribution is 7.19. The van der Waals surface area contributed by atoms with Crippen LogP contribution < -0.4 is 5.32 Å². The van der Waals surface area contributed by atoms with Crippen LogP contribution in [-0.4, -0.2) is 39.8 Å². The van der Waals surface area contributed by atoms with E-state index in [1.807, 2.05) is 41.3 Å². The van der Waals surface area contributed by atoms with Gasteiger partial charge < -0.3 is 10.2 Å². The number of pyridine rings is 1.